The molecule has 5 N–H and O–H groups in total. The zero-order valence-electron chi connectivity index (χ0n) is 10.5. The molecule has 0 aliphatic heterocycles. The van der Waals surface area contributed by atoms with Crippen molar-refractivity contribution in [3.63, 3.8) is 0 Å². The minimum absolute atomic E-state index is 0.0632. The molecule has 0 aromatic carbocycles. The van der Waals surface area contributed by atoms with Gasteiger partial charge in [0.1, 0.15) is 0 Å². The van der Waals surface area contributed by atoms with Gasteiger partial charge >= 0.3 is 11.9 Å². The van der Waals surface area contributed by atoms with Crippen molar-refractivity contribution in [3.05, 3.63) is 0 Å². The molecule has 0 amide bonds. The first-order chi connectivity index (χ1) is 8.37. The van der Waals surface area contributed by atoms with E-state index in [2.05, 4.69) is 0 Å². The lowest BCUT2D eigenvalue weighted by Crippen LogP contribution is -2.32. The minimum Gasteiger partial charge on any atom is -0.481 e. The highest BCUT2D eigenvalue weighted by Gasteiger charge is 2.24. The van der Waals surface area contributed by atoms with Crippen molar-refractivity contribution in [1.29, 1.82) is 0 Å². The third-order valence-electron chi connectivity index (χ3n) is 2.54. The fourth-order valence-corrected chi connectivity index (χ4v) is 0.876. The fourth-order valence-electron chi connectivity index (χ4n) is 0.876. The number of carboxylic acid groups (broad SMARTS) is 2. The summed E-state index contributed by atoms with van der Waals surface area (Å²) in [4.78, 5) is 19.6. The zero-order valence-corrected chi connectivity index (χ0v) is 10.5. The lowest BCUT2D eigenvalue weighted by Gasteiger charge is -2.24. The highest BCUT2D eigenvalue weighted by Crippen LogP contribution is 2.18. The van der Waals surface area contributed by atoms with E-state index < -0.39 is 17.4 Å². The van der Waals surface area contributed by atoms with E-state index in [9.17, 15) is 9.59 Å². The largest absolute Gasteiger partial charge is 0.481 e. The molecule has 0 heterocycles. The monoisotopic (exact) mass is 266 g/mol. The summed E-state index contributed by atoms with van der Waals surface area (Å²) in [5.74, 6) is -1.90. The molecule has 108 valence electrons. The van der Waals surface area contributed by atoms with Crippen LogP contribution in [0.5, 0.6) is 0 Å². The molecule has 7 heteroatoms. The molecular weight excluding hydrogens is 244 g/mol. The summed E-state index contributed by atoms with van der Waals surface area (Å²) in [5.41, 5.74) is -0.667. The van der Waals surface area contributed by atoms with Gasteiger partial charge in [-0.25, -0.2) is 0 Å². The molecule has 0 saturated carbocycles. The van der Waals surface area contributed by atoms with Gasteiger partial charge in [-0.15, -0.1) is 0 Å². The maximum absolute atomic E-state index is 9.79. The Hall–Kier alpha value is -1.18. The van der Waals surface area contributed by atoms with Crippen molar-refractivity contribution in [3.8, 4) is 0 Å². The molecule has 0 spiro atoms. The molecule has 0 aromatic rings. The summed E-state index contributed by atoms with van der Waals surface area (Å²) in [5, 5.41) is 42.0. The highest BCUT2D eigenvalue weighted by molar-refractivity contribution is 5.69. The smallest absolute Gasteiger partial charge is 0.303 e. The Balaban J connectivity index is 0. The van der Waals surface area contributed by atoms with E-state index in [1.165, 1.54) is 0 Å². The van der Waals surface area contributed by atoms with Crippen LogP contribution in [0.3, 0.4) is 0 Å². The van der Waals surface area contributed by atoms with E-state index in [0.29, 0.717) is 6.42 Å². The van der Waals surface area contributed by atoms with Gasteiger partial charge in [0.25, 0.3) is 0 Å². The first-order valence-electron chi connectivity index (χ1n) is 5.63. The Morgan fingerprint density at radius 2 is 1.22 bits per heavy atom. The van der Waals surface area contributed by atoms with Crippen LogP contribution in [0.4, 0.5) is 0 Å². The van der Waals surface area contributed by atoms with Crippen LogP contribution < -0.4 is 0 Å². The van der Waals surface area contributed by atoms with Gasteiger partial charge in [0.05, 0.1) is 19.8 Å². The van der Waals surface area contributed by atoms with Gasteiger partial charge in [0.15, 0.2) is 0 Å². The number of carbonyl (C=O) groups is 2. The van der Waals surface area contributed by atoms with Gasteiger partial charge in [-0.05, 0) is 12.8 Å². The van der Waals surface area contributed by atoms with Crippen molar-refractivity contribution >= 4 is 11.9 Å². The number of aliphatic hydroxyl groups excluding tert-OH is 3. The van der Waals surface area contributed by atoms with E-state index in [0.717, 1.165) is 0 Å². The third-order valence-corrected chi connectivity index (χ3v) is 2.54. The SMILES string of the molecule is CCC(CO)(CO)CO.O=C(O)CCCC(=O)O. The molecule has 0 radical (unpaired) electrons. The predicted octanol–water partition coefficient (Wildman–Crippen LogP) is -0.314. The Bertz CT molecular complexity index is 204. The number of aliphatic hydroxyl groups is 3. The second-order valence-corrected chi connectivity index (χ2v) is 3.97. The van der Waals surface area contributed by atoms with Gasteiger partial charge in [0.2, 0.25) is 0 Å². The Morgan fingerprint density at radius 3 is 1.33 bits per heavy atom. The summed E-state index contributed by atoms with van der Waals surface area (Å²) in [7, 11) is 0. The minimum atomic E-state index is -0.948. The quantitative estimate of drug-likeness (QED) is 0.406. The normalized spacial score (nSPS) is 10.4. The van der Waals surface area contributed by atoms with Crippen LogP contribution in [0.1, 0.15) is 32.6 Å². The van der Waals surface area contributed by atoms with Crippen LogP contribution >= 0.6 is 0 Å². The molecule has 7 nitrogen and oxygen atoms in total. The average Bonchev–Trinajstić information content (AvgIpc) is 2.32. The molecule has 0 saturated heterocycles. The van der Waals surface area contributed by atoms with E-state index in [1.807, 2.05) is 6.92 Å². The van der Waals surface area contributed by atoms with Crippen molar-refractivity contribution < 1.29 is 35.1 Å². The fraction of sp³-hybridized carbons (Fsp3) is 0.818. The van der Waals surface area contributed by atoms with Crippen LogP contribution in [-0.4, -0.2) is 57.3 Å². The lowest BCUT2D eigenvalue weighted by atomic mass is 9.88. The summed E-state index contributed by atoms with van der Waals surface area (Å²) < 4.78 is 0. The Kier molecular flexibility index (Phi) is 11.7. The Labute approximate surface area is 106 Å². The predicted molar refractivity (Wildman–Crippen MR) is 63.1 cm³/mol. The topological polar surface area (TPSA) is 135 Å². The van der Waals surface area contributed by atoms with Crippen molar-refractivity contribution in [2.75, 3.05) is 19.8 Å². The van der Waals surface area contributed by atoms with E-state index >= 15 is 0 Å². The molecule has 0 aromatic heterocycles. The molecule has 0 bridgehead atoms. The van der Waals surface area contributed by atoms with E-state index in [-0.39, 0.29) is 39.1 Å². The molecule has 0 aliphatic rings. The standard InChI is InChI=1S/C6H14O3.C5H8O4/c1-2-6(3-7,4-8)5-9;6-4(7)2-1-3-5(8)9/h7-9H,2-5H2,1H3;1-3H2,(H,6,7)(H,8,9). The van der Waals surface area contributed by atoms with Crippen LogP contribution in [0.15, 0.2) is 0 Å². The van der Waals surface area contributed by atoms with Crippen LogP contribution in [0, 0.1) is 5.41 Å². The summed E-state index contributed by atoms with van der Waals surface area (Å²) in [6, 6.07) is 0. The van der Waals surface area contributed by atoms with Gasteiger partial charge in [-0.1, -0.05) is 6.92 Å². The summed E-state index contributed by atoms with van der Waals surface area (Å²) in [6.45, 7) is 1.35. The number of hydrogen-bond donors (Lipinski definition) is 5. The maximum Gasteiger partial charge on any atom is 0.303 e. The average molecular weight is 266 g/mol. The van der Waals surface area contributed by atoms with Gasteiger partial charge in [0, 0.05) is 18.3 Å². The van der Waals surface area contributed by atoms with E-state index in [4.69, 9.17) is 25.5 Å². The molecule has 0 rings (SSSR count). The molecular formula is C11H22O7. The van der Waals surface area contributed by atoms with Gasteiger partial charge < -0.3 is 25.5 Å². The first-order valence-corrected chi connectivity index (χ1v) is 5.63. The molecule has 0 unspecified atom stereocenters. The lowest BCUT2D eigenvalue weighted by molar-refractivity contribution is -0.138. The molecule has 18 heavy (non-hydrogen) atoms. The molecule has 0 aliphatic carbocycles. The van der Waals surface area contributed by atoms with Gasteiger partial charge in [-0.2, -0.15) is 0 Å². The third kappa shape index (κ3) is 10.0. The number of aliphatic carboxylic acids is 2. The second kappa shape index (κ2) is 10.9. The summed E-state index contributed by atoms with van der Waals surface area (Å²) >= 11 is 0. The number of rotatable bonds is 8. The number of carboxylic acids is 2. The van der Waals surface area contributed by atoms with Crippen molar-refractivity contribution in [2.45, 2.75) is 32.6 Å². The molecule has 0 atom stereocenters. The zero-order chi connectivity index (χ0) is 14.6. The van der Waals surface area contributed by atoms with Gasteiger partial charge in [-0.3, -0.25) is 9.59 Å². The maximum atomic E-state index is 9.79. The highest BCUT2D eigenvalue weighted by atomic mass is 16.4. The van der Waals surface area contributed by atoms with Crippen LogP contribution in [-0.2, 0) is 9.59 Å². The number of hydrogen-bond acceptors (Lipinski definition) is 5. The van der Waals surface area contributed by atoms with Crippen molar-refractivity contribution in [1.82, 2.24) is 0 Å². The molecule has 0 fully saturated rings. The van der Waals surface area contributed by atoms with Crippen LogP contribution in [0.25, 0.3) is 0 Å². The second-order valence-electron chi connectivity index (χ2n) is 3.97. The van der Waals surface area contributed by atoms with E-state index in [1.54, 1.807) is 0 Å². The summed E-state index contributed by atoms with van der Waals surface area (Å²) in [6.07, 6.45) is 0.680. The van der Waals surface area contributed by atoms with Crippen molar-refractivity contribution in [2.24, 2.45) is 5.41 Å². The first kappa shape index (κ1) is 19.2. The van der Waals surface area contributed by atoms with Crippen LogP contribution in [0.2, 0.25) is 0 Å². The Morgan fingerprint density at radius 1 is 0.889 bits per heavy atom.